The first kappa shape index (κ1) is 12.2. The van der Waals surface area contributed by atoms with Crippen molar-refractivity contribution in [3.63, 3.8) is 0 Å². The molecule has 2 rings (SSSR count). The summed E-state index contributed by atoms with van der Waals surface area (Å²) in [6.07, 6.45) is -5.34. The topological polar surface area (TPSA) is 141 Å². The van der Waals surface area contributed by atoms with Crippen LogP contribution in [-0.4, -0.2) is 73.1 Å². The molecule has 0 bridgehead atoms. The van der Waals surface area contributed by atoms with E-state index in [4.69, 9.17) is 14.6 Å². The van der Waals surface area contributed by atoms with Gasteiger partial charge in [0.05, 0.1) is 6.61 Å². The molecule has 2 heterocycles. The second kappa shape index (κ2) is 4.94. The minimum Gasteiger partial charge on any atom is -0.443 e. The summed E-state index contributed by atoms with van der Waals surface area (Å²) in [6, 6.07) is 0. The van der Waals surface area contributed by atoms with Gasteiger partial charge in [0.1, 0.15) is 30.6 Å². The molecule has 0 aliphatic carbocycles. The van der Waals surface area contributed by atoms with Crippen molar-refractivity contribution in [2.75, 3.05) is 6.61 Å². The fourth-order valence-corrected chi connectivity index (χ4v) is 1.53. The van der Waals surface area contributed by atoms with Crippen molar-refractivity contribution < 1.29 is 29.9 Å². The zero-order chi connectivity index (χ0) is 12.4. The van der Waals surface area contributed by atoms with Crippen LogP contribution in [0.3, 0.4) is 0 Å². The first-order chi connectivity index (χ1) is 8.13. The Kier molecular flexibility index (Phi) is 3.54. The monoisotopic (exact) mass is 247 g/mol. The fraction of sp³-hybridized carbons (Fsp3) is 0.750. The number of nitrogens with zero attached hydrogens (tertiary/aromatic N) is 2. The van der Waals surface area contributed by atoms with Crippen LogP contribution in [0.4, 0.5) is 0 Å². The molecule has 0 radical (unpaired) electrons. The fourth-order valence-electron chi connectivity index (χ4n) is 1.53. The average Bonchev–Trinajstić information content (AvgIpc) is 2.83. The van der Waals surface area contributed by atoms with Crippen LogP contribution in [0.5, 0.6) is 5.88 Å². The van der Waals surface area contributed by atoms with Crippen molar-refractivity contribution in [2.45, 2.75) is 30.7 Å². The molecule has 0 aromatic carbocycles. The summed E-state index contributed by atoms with van der Waals surface area (Å²) in [4.78, 5) is 0. The first-order valence-electron chi connectivity index (χ1n) is 4.96. The van der Waals surface area contributed by atoms with E-state index in [2.05, 4.69) is 15.4 Å². The van der Waals surface area contributed by atoms with Crippen LogP contribution in [0.15, 0.2) is 6.20 Å². The molecule has 0 amide bonds. The Hall–Kier alpha value is -1.26. The van der Waals surface area contributed by atoms with Crippen LogP contribution in [0.25, 0.3) is 0 Å². The first-order valence-corrected chi connectivity index (χ1v) is 4.96. The molecule has 9 nitrogen and oxygen atoms in total. The molecular formula is C8H13N3O6. The number of nitrogens with one attached hydrogen (secondary N) is 1. The van der Waals surface area contributed by atoms with E-state index in [1.807, 2.05) is 0 Å². The van der Waals surface area contributed by atoms with Crippen molar-refractivity contribution in [1.82, 2.24) is 15.4 Å². The van der Waals surface area contributed by atoms with E-state index in [0.29, 0.717) is 0 Å². The zero-order valence-corrected chi connectivity index (χ0v) is 8.67. The molecule has 5 N–H and O–H groups in total. The third kappa shape index (κ3) is 2.37. The van der Waals surface area contributed by atoms with Crippen LogP contribution in [0.1, 0.15) is 0 Å². The Labute approximate surface area is 95.6 Å². The Morgan fingerprint density at radius 1 is 1.29 bits per heavy atom. The molecule has 1 aliphatic rings. The molecule has 9 heteroatoms. The van der Waals surface area contributed by atoms with Gasteiger partial charge in [-0.1, -0.05) is 0 Å². The highest BCUT2D eigenvalue weighted by molar-refractivity contribution is 5.00. The summed E-state index contributed by atoms with van der Waals surface area (Å²) in [5, 5.41) is 46.9. The smallest absolute Gasteiger partial charge is 0.255 e. The largest absolute Gasteiger partial charge is 0.443 e. The number of aliphatic hydroxyl groups excluding tert-OH is 4. The van der Waals surface area contributed by atoms with Gasteiger partial charge >= 0.3 is 0 Å². The van der Waals surface area contributed by atoms with Crippen LogP contribution in [0, 0.1) is 0 Å². The van der Waals surface area contributed by atoms with E-state index < -0.39 is 37.3 Å². The summed E-state index contributed by atoms with van der Waals surface area (Å²) < 4.78 is 10.2. The number of aliphatic hydroxyl groups is 4. The minimum absolute atomic E-state index is 0.0642. The van der Waals surface area contributed by atoms with Gasteiger partial charge in [-0.3, -0.25) is 0 Å². The predicted octanol–water partition coefficient (Wildman–Crippen LogP) is -3.02. The zero-order valence-electron chi connectivity index (χ0n) is 8.67. The van der Waals surface area contributed by atoms with Crippen molar-refractivity contribution in [2.24, 2.45) is 0 Å². The van der Waals surface area contributed by atoms with Crippen molar-refractivity contribution in [3.05, 3.63) is 6.20 Å². The summed E-state index contributed by atoms with van der Waals surface area (Å²) in [6.45, 7) is -0.510. The highest BCUT2D eigenvalue weighted by atomic mass is 16.7. The van der Waals surface area contributed by atoms with Crippen LogP contribution in [0.2, 0.25) is 0 Å². The van der Waals surface area contributed by atoms with E-state index in [1.54, 1.807) is 0 Å². The molecule has 1 fully saturated rings. The lowest BCUT2D eigenvalue weighted by Gasteiger charge is -2.39. The van der Waals surface area contributed by atoms with Crippen LogP contribution < -0.4 is 4.74 Å². The Bertz CT molecular complexity index is 345. The minimum atomic E-state index is -1.47. The quantitative estimate of drug-likeness (QED) is 0.380. The van der Waals surface area contributed by atoms with E-state index in [9.17, 15) is 15.3 Å². The maximum absolute atomic E-state index is 9.62. The molecule has 1 saturated heterocycles. The third-order valence-electron chi connectivity index (χ3n) is 2.48. The number of hydrogen-bond acceptors (Lipinski definition) is 8. The highest BCUT2D eigenvalue weighted by Crippen LogP contribution is 2.22. The van der Waals surface area contributed by atoms with Gasteiger partial charge in [0.15, 0.2) is 0 Å². The Morgan fingerprint density at radius 2 is 2.06 bits per heavy atom. The molecule has 1 aromatic heterocycles. The molecule has 96 valence electrons. The van der Waals surface area contributed by atoms with Crippen LogP contribution >= 0.6 is 0 Å². The molecular weight excluding hydrogens is 234 g/mol. The second-order valence-corrected chi connectivity index (χ2v) is 3.62. The SMILES string of the molecule is OC[C@H]1OC(Oc2cn[nH]n2)[C@H](O)[C@@H](O)[C@H]1O. The third-order valence-corrected chi connectivity index (χ3v) is 2.48. The van der Waals surface area contributed by atoms with Gasteiger partial charge in [0.25, 0.3) is 5.88 Å². The average molecular weight is 247 g/mol. The van der Waals surface area contributed by atoms with Gasteiger partial charge < -0.3 is 29.9 Å². The molecule has 17 heavy (non-hydrogen) atoms. The molecule has 5 atom stereocenters. The maximum Gasteiger partial charge on any atom is 0.255 e. The van der Waals surface area contributed by atoms with Gasteiger partial charge in [-0.15, -0.1) is 5.10 Å². The lowest BCUT2D eigenvalue weighted by molar-refractivity contribution is -0.278. The van der Waals surface area contributed by atoms with E-state index >= 15 is 0 Å². The normalized spacial score (nSPS) is 38.0. The van der Waals surface area contributed by atoms with Gasteiger partial charge in [-0.25, -0.2) is 0 Å². The number of hydrogen-bond donors (Lipinski definition) is 5. The van der Waals surface area contributed by atoms with Crippen molar-refractivity contribution >= 4 is 0 Å². The summed E-state index contributed by atoms with van der Waals surface area (Å²) >= 11 is 0. The number of rotatable bonds is 3. The van der Waals surface area contributed by atoms with Gasteiger partial charge in [-0.2, -0.15) is 10.3 Å². The maximum atomic E-state index is 9.62. The van der Waals surface area contributed by atoms with Gasteiger partial charge in [0.2, 0.25) is 6.29 Å². The summed E-state index contributed by atoms with van der Waals surface area (Å²) in [5.74, 6) is 0.0642. The second-order valence-electron chi connectivity index (χ2n) is 3.62. The molecule has 1 aliphatic heterocycles. The van der Waals surface area contributed by atoms with Crippen LogP contribution in [-0.2, 0) is 4.74 Å². The van der Waals surface area contributed by atoms with Crippen molar-refractivity contribution in [1.29, 1.82) is 0 Å². The predicted molar refractivity (Wildman–Crippen MR) is 50.8 cm³/mol. The molecule has 1 unspecified atom stereocenters. The molecule has 0 spiro atoms. The van der Waals surface area contributed by atoms with Crippen molar-refractivity contribution in [3.8, 4) is 5.88 Å². The standard InChI is InChI=1S/C8H13N3O6/c12-2-3-5(13)6(14)7(15)8(16-3)17-4-1-9-11-10-4/h1,3,5-8,12-15H,2H2,(H,9,10,11)/t3-,5+,6+,7-,8?/m1/s1. The molecule has 1 aromatic rings. The number of aromatic nitrogens is 3. The molecule has 0 saturated carbocycles. The number of ether oxygens (including phenoxy) is 2. The summed E-state index contributed by atoms with van der Waals surface area (Å²) in [7, 11) is 0. The van der Waals surface area contributed by atoms with Gasteiger partial charge in [0, 0.05) is 0 Å². The Balaban J connectivity index is 2.06. The highest BCUT2D eigenvalue weighted by Gasteiger charge is 2.44. The van der Waals surface area contributed by atoms with E-state index in [0.717, 1.165) is 0 Å². The number of H-pyrrole nitrogens is 1. The number of aromatic amines is 1. The van der Waals surface area contributed by atoms with E-state index in [-0.39, 0.29) is 5.88 Å². The van der Waals surface area contributed by atoms with E-state index in [1.165, 1.54) is 6.20 Å². The summed E-state index contributed by atoms with van der Waals surface area (Å²) in [5.41, 5.74) is 0. The van der Waals surface area contributed by atoms with Gasteiger partial charge in [-0.05, 0) is 0 Å². The Morgan fingerprint density at radius 3 is 2.65 bits per heavy atom. The lowest BCUT2D eigenvalue weighted by Crippen LogP contribution is -2.60. The lowest BCUT2D eigenvalue weighted by atomic mass is 9.99.